The predicted molar refractivity (Wildman–Crippen MR) is 171 cm³/mol. The summed E-state index contributed by atoms with van der Waals surface area (Å²) in [6.07, 6.45) is 21.5. The number of hydrazone groups is 1. The average Bonchev–Trinajstić information content (AvgIpc) is 3.00. The topological polar surface area (TPSA) is 67.8 Å². The molecule has 0 bridgehead atoms. The van der Waals surface area contributed by atoms with E-state index in [1.165, 1.54) is 83.5 Å². The van der Waals surface area contributed by atoms with Crippen LogP contribution in [0.4, 0.5) is 0 Å². The Hall–Kier alpha value is -3.47. The Morgan fingerprint density at radius 2 is 1.24 bits per heavy atom. The first-order valence-electron chi connectivity index (χ1n) is 15.8. The lowest BCUT2D eigenvalue weighted by Crippen LogP contribution is -2.17. The molecule has 1 N–H and O–H groups in total. The molecule has 0 aromatic heterocycles. The smallest absolute Gasteiger partial charge is 0.343 e. The van der Waals surface area contributed by atoms with Gasteiger partial charge in [-0.25, -0.2) is 10.2 Å². The Labute approximate surface area is 246 Å². The van der Waals surface area contributed by atoms with Crippen molar-refractivity contribution in [2.45, 2.75) is 110 Å². The molecule has 0 aliphatic rings. The Kier molecular flexibility index (Phi) is 15.3. The molecule has 220 valence electrons. The van der Waals surface area contributed by atoms with Crippen LogP contribution in [-0.2, 0) is 4.79 Å². The van der Waals surface area contributed by atoms with Crippen LogP contribution in [0.3, 0.4) is 0 Å². The molecular weight excluding hydrogens is 508 g/mol. The molecule has 0 atom stereocenters. The number of unbranched alkanes of at least 4 members (excludes halogenated alkanes) is 14. The van der Waals surface area contributed by atoms with E-state index in [4.69, 9.17) is 4.74 Å². The summed E-state index contributed by atoms with van der Waals surface area (Å²) < 4.78 is 5.71. The Morgan fingerprint density at radius 3 is 1.88 bits per heavy atom. The number of nitrogens with one attached hydrogen (secondary N) is 1. The van der Waals surface area contributed by atoms with Crippen LogP contribution in [0.25, 0.3) is 10.8 Å². The van der Waals surface area contributed by atoms with Crippen molar-refractivity contribution in [2.24, 2.45) is 5.10 Å². The molecule has 0 aliphatic carbocycles. The van der Waals surface area contributed by atoms with E-state index in [0.717, 1.165) is 23.6 Å². The fourth-order valence-electron chi connectivity index (χ4n) is 5.11. The van der Waals surface area contributed by atoms with Gasteiger partial charge in [0.25, 0.3) is 0 Å². The molecule has 0 radical (unpaired) electrons. The third-order valence-electron chi connectivity index (χ3n) is 7.53. The van der Waals surface area contributed by atoms with Gasteiger partial charge in [0.1, 0.15) is 5.75 Å². The van der Waals surface area contributed by atoms with Crippen molar-refractivity contribution in [3.63, 3.8) is 0 Å². The van der Waals surface area contributed by atoms with E-state index in [1.54, 1.807) is 36.5 Å². The molecule has 3 rings (SSSR count). The summed E-state index contributed by atoms with van der Waals surface area (Å²) in [5, 5.41) is 6.10. The van der Waals surface area contributed by atoms with Gasteiger partial charge in [-0.05, 0) is 35.4 Å². The summed E-state index contributed by atoms with van der Waals surface area (Å²) in [6, 6.07) is 20.4. The minimum absolute atomic E-state index is 0.0981. The Bertz CT molecular complexity index is 1210. The molecule has 5 heteroatoms. The van der Waals surface area contributed by atoms with Crippen molar-refractivity contribution in [1.82, 2.24) is 5.43 Å². The molecule has 0 unspecified atom stereocenters. The molecular formula is C36H48N2O3. The maximum atomic E-state index is 12.7. The summed E-state index contributed by atoms with van der Waals surface area (Å²) in [5.41, 5.74) is 3.77. The molecule has 41 heavy (non-hydrogen) atoms. The van der Waals surface area contributed by atoms with E-state index in [1.807, 2.05) is 36.4 Å². The largest absolute Gasteiger partial charge is 0.422 e. The normalized spacial score (nSPS) is 11.2. The number of rotatable bonds is 20. The van der Waals surface area contributed by atoms with Crippen LogP contribution in [0.2, 0.25) is 0 Å². The fraction of sp³-hybridized carbons (Fsp3) is 0.472. The molecule has 0 fully saturated rings. The van der Waals surface area contributed by atoms with E-state index in [9.17, 15) is 9.59 Å². The van der Waals surface area contributed by atoms with E-state index >= 15 is 0 Å². The van der Waals surface area contributed by atoms with Gasteiger partial charge in [0.2, 0.25) is 5.91 Å². The zero-order chi connectivity index (χ0) is 29.0. The highest BCUT2D eigenvalue weighted by atomic mass is 16.5. The first-order valence-corrected chi connectivity index (χ1v) is 15.8. The van der Waals surface area contributed by atoms with Crippen LogP contribution in [0, 0.1) is 0 Å². The minimum atomic E-state index is -0.437. The highest BCUT2D eigenvalue weighted by molar-refractivity contribution is 6.04. The third-order valence-corrected chi connectivity index (χ3v) is 7.53. The van der Waals surface area contributed by atoms with Crippen LogP contribution in [-0.4, -0.2) is 18.1 Å². The lowest BCUT2D eigenvalue weighted by atomic mass is 10.0. The van der Waals surface area contributed by atoms with Crippen molar-refractivity contribution in [2.75, 3.05) is 0 Å². The molecule has 1 amide bonds. The van der Waals surface area contributed by atoms with Gasteiger partial charge in [-0.15, -0.1) is 0 Å². The second-order valence-electron chi connectivity index (χ2n) is 10.9. The molecule has 0 heterocycles. The summed E-state index contributed by atoms with van der Waals surface area (Å²) in [5.74, 6) is -0.135. The predicted octanol–water partition coefficient (Wildman–Crippen LogP) is 9.77. The van der Waals surface area contributed by atoms with Crippen molar-refractivity contribution in [3.05, 3.63) is 77.9 Å². The van der Waals surface area contributed by atoms with Gasteiger partial charge in [0.15, 0.2) is 0 Å². The molecule has 0 spiro atoms. The third kappa shape index (κ3) is 12.3. The number of hydrogen-bond donors (Lipinski definition) is 1. The molecule has 3 aromatic carbocycles. The Morgan fingerprint density at radius 1 is 0.683 bits per heavy atom. The van der Waals surface area contributed by atoms with Gasteiger partial charge in [-0.1, -0.05) is 145 Å². The summed E-state index contributed by atoms with van der Waals surface area (Å²) in [4.78, 5) is 25.0. The van der Waals surface area contributed by atoms with Gasteiger partial charge in [0, 0.05) is 12.0 Å². The van der Waals surface area contributed by atoms with Gasteiger partial charge < -0.3 is 4.74 Å². The van der Waals surface area contributed by atoms with E-state index in [2.05, 4.69) is 17.5 Å². The molecule has 0 aliphatic heterocycles. The van der Waals surface area contributed by atoms with E-state index in [0.29, 0.717) is 23.3 Å². The fourth-order valence-corrected chi connectivity index (χ4v) is 5.11. The van der Waals surface area contributed by atoms with Crippen molar-refractivity contribution in [3.8, 4) is 5.75 Å². The lowest BCUT2D eigenvalue weighted by molar-refractivity contribution is -0.121. The zero-order valence-electron chi connectivity index (χ0n) is 24.9. The van der Waals surface area contributed by atoms with E-state index in [-0.39, 0.29) is 5.91 Å². The van der Waals surface area contributed by atoms with Gasteiger partial charge in [-0.3, -0.25) is 4.79 Å². The highest BCUT2D eigenvalue weighted by Crippen LogP contribution is 2.27. The maximum absolute atomic E-state index is 12.7. The second-order valence-corrected chi connectivity index (χ2v) is 10.9. The second kappa shape index (κ2) is 19.6. The SMILES string of the molecule is CCCCCCCCCCCCCCCCCC(=O)NN=Cc1c(OC(=O)c2ccccc2)ccc2ccccc12. The number of ether oxygens (including phenoxy) is 1. The van der Waals surface area contributed by atoms with E-state index < -0.39 is 5.97 Å². The number of amides is 1. The standard InChI is InChI=1S/C36H48N2O3/c1-2-3-4-5-6-7-8-9-10-11-12-13-14-15-19-26-35(39)38-37-29-33-32-25-21-20-22-30(32)27-28-34(33)41-36(40)31-23-17-16-18-24-31/h16-18,20-25,27-29H,2-15,19,26H2,1H3,(H,38,39). The average molecular weight is 557 g/mol. The van der Waals surface area contributed by atoms with Crippen LogP contribution < -0.4 is 10.2 Å². The zero-order valence-corrected chi connectivity index (χ0v) is 24.9. The quantitative estimate of drug-likeness (QED) is 0.0495. The molecule has 5 nitrogen and oxygen atoms in total. The van der Waals surface area contributed by atoms with Crippen LogP contribution >= 0.6 is 0 Å². The van der Waals surface area contributed by atoms with Crippen molar-refractivity contribution < 1.29 is 14.3 Å². The molecule has 3 aromatic rings. The number of benzene rings is 3. The number of nitrogens with zero attached hydrogens (tertiary/aromatic N) is 1. The number of hydrogen-bond acceptors (Lipinski definition) is 4. The first kappa shape index (κ1) is 32.0. The maximum Gasteiger partial charge on any atom is 0.343 e. The van der Waals surface area contributed by atoms with Crippen molar-refractivity contribution >= 4 is 28.9 Å². The first-order chi connectivity index (χ1) is 20.2. The van der Waals surface area contributed by atoms with Crippen LogP contribution in [0.1, 0.15) is 126 Å². The van der Waals surface area contributed by atoms with Gasteiger partial charge >= 0.3 is 5.97 Å². The number of carbonyl (C=O) groups is 2. The summed E-state index contributed by atoms with van der Waals surface area (Å²) in [6.45, 7) is 2.27. The molecule has 0 saturated carbocycles. The number of esters is 1. The highest BCUT2D eigenvalue weighted by Gasteiger charge is 2.13. The summed E-state index contributed by atoms with van der Waals surface area (Å²) >= 11 is 0. The monoisotopic (exact) mass is 556 g/mol. The Balaban J connectivity index is 1.33. The van der Waals surface area contributed by atoms with Gasteiger partial charge in [-0.2, -0.15) is 5.10 Å². The minimum Gasteiger partial charge on any atom is -0.422 e. The van der Waals surface area contributed by atoms with Crippen LogP contribution in [0.15, 0.2) is 71.8 Å². The number of carbonyl (C=O) groups excluding carboxylic acids is 2. The van der Waals surface area contributed by atoms with Crippen molar-refractivity contribution in [1.29, 1.82) is 0 Å². The van der Waals surface area contributed by atoms with Gasteiger partial charge in [0.05, 0.1) is 11.8 Å². The molecule has 0 saturated heterocycles. The van der Waals surface area contributed by atoms with Crippen LogP contribution in [0.5, 0.6) is 5.75 Å². The summed E-state index contributed by atoms with van der Waals surface area (Å²) in [7, 11) is 0. The lowest BCUT2D eigenvalue weighted by Gasteiger charge is -2.10. The number of fused-ring (bicyclic) bond motifs is 1.